The third-order valence-corrected chi connectivity index (χ3v) is 2.57. The van der Waals surface area contributed by atoms with E-state index in [1.807, 2.05) is 31.2 Å². The fourth-order valence-electron chi connectivity index (χ4n) is 1.54. The van der Waals surface area contributed by atoms with Crippen LogP contribution in [0.3, 0.4) is 0 Å². The van der Waals surface area contributed by atoms with E-state index >= 15 is 0 Å². The molecule has 0 bridgehead atoms. The molecule has 0 unspecified atom stereocenters. The van der Waals surface area contributed by atoms with Crippen LogP contribution < -0.4 is 5.32 Å². The Hall–Kier alpha value is -2.23. The highest BCUT2D eigenvalue weighted by Crippen LogP contribution is 2.13. The molecular weight excluding hydrogens is 230 g/mol. The number of furan rings is 1. The van der Waals surface area contributed by atoms with Gasteiger partial charge in [0.1, 0.15) is 5.76 Å². The van der Waals surface area contributed by atoms with Crippen LogP contribution in [0.25, 0.3) is 0 Å². The van der Waals surface area contributed by atoms with Gasteiger partial charge < -0.3 is 14.5 Å². The van der Waals surface area contributed by atoms with Crippen molar-refractivity contribution in [2.45, 2.75) is 13.5 Å². The lowest BCUT2D eigenvalue weighted by Gasteiger charge is -2.04. The Morgan fingerprint density at radius 3 is 2.61 bits per heavy atom. The molecule has 1 aromatic carbocycles. The average Bonchev–Trinajstić information content (AvgIpc) is 2.86. The van der Waals surface area contributed by atoms with Crippen molar-refractivity contribution in [3.63, 3.8) is 0 Å². The second kappa shape index (κ2) is 5.40. The van der Waals surface area contributed by atoms with Crippen LogP contribution in [0.4, 0.5) is 5.69 Å². The van der Waals surface area contributed by atoms with Crippen molar-refractivity contribution in [3.8, 4) is 0 Å². The molecule has 1 N–H and O–H groups in total. The Kier molecular flexibility index (Phi) is 3.67. The Labute approximate surface area is 106 Å². The zero-order chi connectivity index (χ0) is 13.0. The van der Waals surface area contributed by atoms with Crippen LogP contribution in [-0.4, -0.2) is 13.1 Å². The number of carbonyl (C=O) groups is 1. The molecule has 0 fully saturated rings. The third kappa shape index (κ3) is 2.91. The van der Waals surface area contributed by atoms with Crippen molar-refractivity contribution in [1.29, 1.82) is 0 Å². The number of nitrogens with one attached hydrogen (secondary N) is 1. The lowest BCUT2D eigenvalue weighted by molar-refractivity contribution is 0.0563. The van der Waals surface area contributed by atoms with Crippen molar-refractivity contribution in [2.75, 3.05) is 12.4 Å². The number of hydrogen-bond acceptors (Lipinski definition) is 4. The van der Waals surface area contributed by atoms with Crippen LogP contribution >= 0.6 is 0 Å². The average molecular weight is 245 g/mol. The molecule has 0 saturated heterocycles. The van der Waals surface area contributed by atoms with E-state index < -0.39 is 5.97 Å². The Morgan fingerprint density at radius 2 is 1.94 bits per heavy atom. The van der Waals surface area contributed by atoms with E-state index in [1.54, 1.807) is 12.1 Å². The first-order valence-corrected chi connectivity index (χ1v) is 5.66. The smallest absolute Gasteiger partial charge is 0.373 e. The summed E-state index contributed by atoms with van der Waals surface area (Å²) in [6, 6.07) is 11.4. The standard InChI is InChI=1S/C14H15NO3/c1-10-3-5-11(6-4-10)15-9-12-7-8-13(18-12)14(16)17-2/h3-8,15H,9H2,1-2H3. The van der Waals surface area contributed by atoms with Crippen LogP contribution in [0.5, 0.6) is 0 Å². The Morgan fingerprint density at radius 1 is 1.22 bits per heavy atom. The summed E-state index contributed by atoms with van der Waals surface area (Å²) in [5.74, 6) is 0.450. The monoisotopic (exact) mass is 245 g/mol. The van der Waals surface area contributed by atoms with Crippen LogP contribution in [-0.2, 0) is 11.3 Å². The highest BCUT2D eigenvalue weighted by atomic mass is 16.5. The summed E-state index contributed by atoms with van der Waals surface area (Å²) in [5, 5.41) is 3.21. The van der Waals surface area contributed by atoms with Gasteiger partial charge in [0.2, 0.25) is 5.76 Å². The van der Waals surface area contributed by atoms with E-state index in [1.165, 1.54) is 12.7 Å². The second-order valence-corrected chi connectivity index (χ2v) is 3.98. The summed E-state index contributed by atoms with van der Waals surface area (Å²) < 4.78 is 9.92. The van der Waals surface area contributed by atoms with Crippen molar-refractivity contribution < 1.29 is 13.9 Å². The van der Waals surface area contributed by atoms with Gasteiger partial charge >= 0.3 is 5.97 Å². The van der Waals surface area contributed by atoms with Gasteiger partial charge in [0.05, 0.1) is 13.7 Å². The summed E-state index contributed by atoms with van der Waals surface area (Å²) in [4.78, 5) is 11.2. The van der Waals surface area contributed by atoms with Crippen LogP contribution in [0.1, 0.15) is 21.9 Å². The Balaban J connectivity index is 1.96. The second-order valence-electron chi connectivity index (χ2n) is 3.98. The molecule has 94 valence electrons. The van der Waals surface area contributed by atoms with Crippen molar-refractivity contribution in [3.05, 3.63) is 53.5 Å². The number of esters is 1. The number of benzene rings is 1. The molecule has 4 nitrogen and oxygen atoms in total. The maximum Gasteiger partial charge on any atom is 0.373 e. The van der Waals surface area contributed by atoms with Gasteiger partial charge in [0.15, 0.2) is 0 Å². The highest BCUT2D eigenvalue weighted by molar-refractivity contribution is 5.86. The lowest BCUT2D eigenvalue weighted by Crippen LogP contribution is -2.00. The number of methoxy groups -OCH3 is 1. The normalized spacial score (nSPS) is 10.1. The summed E-state index contributed by atoms with van der Waals surface area (Å²) in [7, 11) is 1.33. The molecular formula is C14H15NO3. The maximum atomic E-state index is 11.2. The summed E-state index contributed by atoms with van der Waals surface area (Å²) in [6.07, 6.45) is 0. The fourth-order valence-corrected chi connectivity index (χ4v) is 1.54. The van der Waals surface area contributed by atoms with Gasteiger partial charge in [0.25, 0.3) is 0 Å². The van der Waals surface area contributed by atoms with E-state index in [0.29, 0.717) is 12.3 Å². The van der Waals surface area contributed by atoms with Crippen molar-refractivity contribution >= 4 is 11.7 Å². The molecule has 4 heteroatoms. The first-order valence-electron chi connectivity index (χ1n) is 5.66. The lowest BCUT2D eigenvalue weighted by atomic mass is 10.2. The molecule has 0 aliphatic heterocycles. The number of anilines is 1. The molecule has 0 aliphatic rings. The van der Waals surface area contributed by atoms with Crippen LogP contribution in [0.15, 0.2) is 40.8 Å². The predicted molar refractivity (Wildman–Crippen MR) is 68.6 cm³/mol. The summed E-state index contributed by atoms with van der Waals surface area (Å²) in [5.41, 5.74) is 2.23. The molecule has 2 rings (SSSR count). The SMILES string of the molecule is COC(=O)c1ccc(CNc2ccc(C)cc2)o1. The summed E-state index contributed by atoms with van der Waals surface area (Å²) in [6.45, 7) is 2.57. The van der Waals surface area contributed by atoms with E-state index in [0.717, 1.165) is 5.69 Å². The Bertz CT molecular complexity index is 528. The molecule has 1 heterocycles. The topological polar surface area (TPSA) is 51.5 Å². The zero-order valence-electron chi connectivity index (χ0n) is 10.4. The quantitative estimate of drug-likeness (QED) is 0.841. The molecule has 0 aliphatic carbocycles. The molecule has 0 atom stereocenters. The third-order valence-electron chi connectivity index (χ3n) is 2.57. The molecule has 18 heavy (non-hydrogen) atoms. The largest absolute Gasteiger partial charge is 0.463 e. The van der Waals surface area contributed by atoms with Gasteiger partial charge in [-0.15, -0.1) is 0 Å². The number of carbonyl (C=O) groups excluding carboxylic acids is 1. The van der Waals surface area contributed by atoms with Crippen LogP contribution in [0.2, 0.25) is 0 Å². The van der Waals surface area contributed by atoms with E-state index in [4.69, 9.17) is 4.42 Å². The van der Waals surface area contributed by atoms with Gasteiger partial charge in [-0.2, -0.15) is 0 Å². The first kappa shape index (κ1) is 12.2. The minimum Gasteiger partial charge on any atom is -0.463 e. The molecule has 1 aromatic heterocycles. The molecule has 0 radical (unpaired) electrons. The van der Waals surface area contributed by atoms with E-state index in [-0.39, 0.29) is 5.76 Å². The highest BCUT2D eigenvalue weighted by Gasteiger charge is 2.10. The van der Waals surface area contributed by atoms with E-state index in [9.17, 15) is 4.79 Å². The molecule has 0 saturated carbocycles. The predicted octanol–water partition coefficient (Wildman–Crippen LogP) is 2.99. The maximum absolute atomic E-state index is 11.2. The molecule has 2 aromatic rings. The number of aryl methyl sites for hydroxylation is 1. The summed E-state index contributed by atoms with van der Waals surface area (Å²) >= 11 is 0. The van der Waals surface area contributed by atoms with Gasteiger partial charge in [-0.25, -0.2) is 4.79 Å². The molecule has 0 amide bonds. The van der Waals surface area contributed by atoms with Gasteiger partial charge in [-0.1, -0.05) is 17.7 Å². The zero-order valence-corrected chi connectivity index (χ0v) is 10.4. The van der Waals surface area contributed by atoms with Gasteiger partial charge in [-0.05, 0) is 31.2 Å². The minimum atomic E-state index is -0.461. The molecule has 0 spiro atoms. The number of hydrogen-bond donors (Lipinski definition) is 1. The van der Waals surface area contributed by atoms with Crippen molar-refractivity contribution in [2.24, 2.45) is 0 Å². The minimum absolute atomic E-state index is 0.221. The number of ether oxygens (including phenoxy) is 1. The van der Waals surface area contributed by atoms with Gasteiger partial charge in [-0.3, -0.25) is 0 Å². The van der Waals surface area contributed by atoms with Crippen molar-refractivity contribution in [1.82, 2.24) is 0 Å². The number of rotatable bonds is 4. The fraction of sp³-hybridized carbons (Fsp3) is 0.214. The van der Waals surface area contributed by atoms with E-state index in [2.05, 4.69) is 10.1 Å². The first-order chi connectivity index (χ1) is 8.69. The van der Waals surface area contributed by atoms with Gasteiger partial charge in [0, 0.05) is 5.69 Å². The van der Waals surface area contributed by atoms with Crippen LogP contribution in [0, 0.1) is 6.92 Å².